The smallest absolute Gasteiger partial charge is 0.411 e. The van der Waals surface area contributed by atoms with Crippen molar-refractivity contribution in [2.24, 2.45) is 0 Å². The summed E-state index contributed by atoms with van der Waals surface area (Å²) in [7, 11) is 0. The monoisotopic (exact) mass is 322 g/mol. The van der Waals surface area contributed by atoms with E-state index in [0.717, 1.165) is 0 Å². The normalized spacial score (nSPS) is 11.8. The summed E-state index contributed by atoms with van der Waals surface area (Å²) in [6, 6.07) is 4.33. The zero-order chi connectivity index (χ0) is 15.5. The average molecular weight is 323 g/mol. The Balaban J connectivity index is 1.93. The highest BCUT2D eigenvalue weighted by atomic mass is 35.5. The Morgan fingerprint density at radius 2 is 2.10 bits per heavy atom. The van der Waals surface area contributed by atoms with Crippen LogP contribution in [0.3, 0.4) is 0 Å². The van der Waals surface area contributed by atoms with Gasteiger partial charge in [-0.1, -0.05) is 16.8 Å². The van der Waals surface area contributed by atoms with E-state index in [1.165, 1.54) is 18.2 Å². The number of nitrogens with zero attached hydrogens (tertiary/aromatic N) is 2. The SMILES string of the molecule is Oc1ccc(-c2nc(CCOCC(F)(F)F)no2)cc1Cl. The lowest BCUT2D eigenvalue weighted by molar-refractivity contribution is -0.173. The highest BCUT2D eigenvalue weighted by Crippen LogP contribution is 2.28. The topological polar surface area (TPSA) is 68.4 Å². The Morgan fingerprint density at radius 1 is 1.33 bits per heavy atom. The molecule has 0 unspecified atom stereocenters. The predicted molar refractivity (Wildman–Crippen MR) is 67.0 cm³/mol. The lowest BCUT2D eigenvalue weighted by Gasteiger charge is -2.05. The molecule has 5 nitrogen and oxygen atoms in total. The Labute approximate surface area is 122 Å². The number of halogens is 4. The molecule has 9 heteroatoms. The van der Waals surface area contributed by atoms with E-state index in [4.69, 9.17) is 16.1 Å². The molecule has 0 aliphatic rings. The number of phenols is 1. The van der Waals surface area contributed by atoms with Crippen LogP contribution in [0.15, 0.2) is 22.7 Å². The summed E-state index contributed by atoms with van der Waals surface area (Å²) >= 11 is 5.75. The van der Waals surface area contributed by atoms with Crippen molar-refractivity contribution in [2.75, 3.05) is 13.2 Å². The van der Waals surface area contributed by atoms with Crippen molar-refractivity contribution in [3.63, 3.8) is 0 Å². The Morgan fingerprint density at radius 3 is 2.76 bits per heavy atom. The maximum absolute atomic E-state index is 11.9. The second-order valence-electron chi connectivity index (χ2n) is 4.10. The molecule has 0 saturated heterocycles. The number of aromatic hydroxyl groups is 1. The molecular weight excluding hydrogens is 313 g/mol. The molecule has 0 bridgehead atoms. The quantitative estimate of drug-likeness (QED) is 0.856. The van der Waals surface area contributed by atoms with Gasteiger partial charge in [-0.3, -0.25) is 0 Å². The molecule has 0 amide bonds. The van der Waals surface area contributed by atoms with Crippen molar-refractivity contribution in [3.05, 3.63) is 29.0 Å². The predicted octanol–water partition coefficient (Wildman–Crippen LogP) is 3.22. The molecule has 1 heterocycles. The summed E-state index contributed by atoms with van der Waals surface area (Å²) < 4.78 is 45.0. The van der Waals surface area contributed by atoms with E-state index in [2.05, 4.69) is 14.9 Å². The standard InChI is InChI=1S/C12H10ClF3N2O3/c13-8-5-7(1-2-9(8)19)11-17-10(18-21-11)3-4-20-6-12(14,15)16/h1-2,5,19H,3-4,6H2. The van der Waals surface area contributed by atoms with Crippen LogP contribution < -0.4 is 0 Å². The van der Waals surface area contributed by atoms with Crippen LogP contribution >= 0.6 is 11.6 Å². The number of phenolic OH excluding ortho intramolecular Hbond substituents is 1. The Hall–Kier alpha value is -1.80. The zero-order valence-electron chi connectivity index (χ0n) is 10.5. The molecule has 114 valence electrons. The van der Waals surface area contributed by atoms with Gasteiger partial charge in [0.2, 0.25) is 0 Å². The van der Waals surface area contributed by atoms with Crippen LogP contribution in [-0.4, -0.2) is 34.6 Å². The van der Waals surface area contributed by atoms with Gasteiger partial charge in [0.15, 0.2) is 5.82 Å². The van der Waals surface area contributed by atoms with E-state index in [0.29, 0.717) is 5.56 Å². The summed E-state index contributed by atoms with van der Waals surface area (Å²) in [5.74, 6) is 0.291. The minimum absolute atomic E-state index is 0.0827. The van der Waals surface area contributed by atoms with Crippen molar-refractivity contribution in [1.82, 2.24) is 10.1 Å². The number of ether oxygens (including phenoxy) is 1. The fraction of sp³-hybridized carbons (Fsp3) is 0.333. The van der Waals surface area contributed by atoms with E-state index in [1.54, 1.807) is 0 Å². The van der Waals surface area contributed by atoms with Crippen LogP contribution in [0.1, 0.15) is 5.82 Å². The highest BCUT2D eigenvalue weighted by molar-refractivity contribution is 6.32. The molecule has 2 aromatic rings. The van der Waals surface area contributed by atoms with E-state index in [9.17, 15) is 18.3 Å². The summed E-state index contributed by atoms with van der Waals surface area (Å²) in [6.07, 6.45) is -4.27. The first-order valence-corrected chi connectivity index (χ1v) is 6.19. The van der Waals surface area contributed by atoms with Crippen molar-refractivity contribution in [1.29, 1.82) is 0 Å². The third-order valence-electron chi connectivity index (χ3n) is 2.40. The van der Waals surface area contributed by atoms with Crippen LogP contribution in [0.4, 0.5) is 13.2 Å². The van der Waals surface area contributed by atoms with E-state index < -0.39 is 12.8 Å². The molecule has 1 aromatic heterocycles. The Kier molecular flexibility index (Phi) is 4.69. The van der Waals surface area contributed by atoms with Gasteiger partial charge in [-0.2, -0.15) is 18.2 Å². The van der Waals surface area contributed by atoms with Crippen molar-refractivity contribution in [2.45, 2.75) is 12.6 Å². The van der Waals surface area contributed by atoms with Crippen LogP contribution in [0.5, 0.6) is 5.75 Å². The van der Waals surface area contributed by atoms with Gasteiger partial charge in [0.1, 0.15) is 12.4 Å². The minimum Gasteiger partial charge on any atom is -0.506 e. The van der Waals surface area contributed by atoms with Gasteiger partial charge in [0, 0.05) is 12.0 Å². The largest absolute Gasteiger partial charge is 0.506 e. The molecular formula is C12H10ClF3N2O3. The lowest BCUT2D eigenvalue weighted by Crippen LogP contribution is -2.18. The third-order valence-corrected chi connectivity index (χ3v) is 2.70. The van der Waals surface area contributed by atoms with E-state index >= 15 is 0 Å². The van der Waals surface area contributed by atoms with Crippen LogP contribution in [0.25, 0.3) is 11.5 Å². The molecule has 0 radical (unpaired) electrons. The van der Waals surface area contributed by atoms with E-state index in [1.807, 2.05) is 0 Å². The number of benzene rings is 1. The fourth-order valence-corrected chi connectivity index (χ4v) is 1.64. The fourth-order valence-electron chi connectivity index (χ4n) is 1.46. The first kappa shape index (κ1) is 15.6. The maximum Gasteiger partial charge on any atom is 0.411 e. The second kappa shape index (κ2) is 6.31. The molecule has 2 rings (SSSR count). The molecule has 1 N–H and O–H groups in total. The molecule has 0 aliphatic heterocycles. The van der Waals surface area contributed by atoms with Gasteiger partial charge in [0.25, 0.3) is 5.89 Å². The van der Waals surface area contributed by atoms with Gasteiger partial charge >= 0.3 is 6.18 Å². The number of hydrogen-bond donors (Lipinski definition) is 1. The summed E-state index contributed by atoms with van der Waals surface area (Å²) in [4.78, 5) is 4.01. The van der Waals surface area contributed by atoms with Gasteiger partial charge < -0.3 is 14.4 Å². The van der Waals surface area contributed by atoms with Crippen molar-refractivity contribution >= 4 is 11.6 Å². The van der Waals surface area contributed by atoms with Crippen LogP contribution in [0.2, 0.25) is 5.02 Å². The van der Waals surface area contributed by atoms with E-state index in [-0.39, 0.29) is 35.5 Å². The molecule has 0 saturated carbocycles. The number of rotatable bonds is 5. The first-order chi connectivity index (χ1) is 9.85. The zero-order valence-corrected chi connectivity index (χ0v) is 11.3. The second-order valence-corrected chi connectivity index (χ2v) is 4.51. The van der Waals surface area contributed by atoms with Crippen LogP contribution in [0, 0.1) is 0 Å². The molecule has 0 aliphatic carbocycles. The van der Waals surface area contributed by atoms with Crippen LogP contribution in [-0.2, 0) is 11.2 Å². The van der Waals surface area contributed by atoms with Gasteiger partial charge in [-0.15, -0.1) is 0 Å². The molecule has 0 fully saturated rings. The number of aromatic nitrogens is 2. The molecule has 1 aromatic carbocycles. The van der Waals surface area contributed by atoms with Gasteiger partial charge in [-0.25, -0.2) is 0 Å². The number of hydrogen-bond acceptors (Lipinski definition) is 5. The summed E-state index contributed by atoms with van der Waals surface area (Å²) in [5.41, 5.74) is 0.493. The summed E-state index contributed by atoms with van der Waals surface area (Å²) in [5, 5.41) is 13.0. The average Bonchev–Trinajstić information content (AvgIpc) is 2.86. The first-order valence-electron chi connectivity index (χ1n) is 5.81. The molecule has 0 atom stereocenters. The summed E-state index contributed by atoms with van der Waals surface area (Å²) in [6.45, 7) is -1.49. The van der Waals surface area contributed by atoms with Gasteiger partial charge in [0.05, 0.1) is 11.6 Å². The maximum atomic E-state index is 11.9. The third kappa shape index (κ3) is 4.61. The minimum atomic E-state index is -4.36. The molecule has 0 spiro atoms. The van der Waals surface area contributed by atoms with Crippen molar-refractivity contribution in [3.8, 4) is 17.2 Å². The number of alkyl halides is 3. The van der Waals surface area contributed by atoms with Crippen molar-refractivity contribution < 1.29 is 27.5 Å². The lowest BCUT2D eigenvalue weighted by atomic mass is 10.2. The Bertz CT molecular complexity index is 616. The molecule has 21 heavy (non-hydrogen) atoms. The van der Waals surface area contributed by atoms with Gasteiger partial charge in [-0.05, 0) is 18.2 Å². The highest BCUT2D eigenvalue weighted by Gasteiger charge is 2.27.